The van der Waals surface area contributed by atoms with Gasteiger partial charge in [-0.05, 0) is 66.9 Å². The molecule has 0 radical (unpaired) electrons. The van der Waals surface area contributed by atoms with E-state index in [4.69, 9.17) is 31.6 Å². The minimum Gasteiger partial charge on any atom is -0.481 e. The van der Waals surface area contributed by atoms with Gasteiger partial charge in [0.2, 0.25) is 0 Å². The van der Waals surface area contributed by atoms with Gasteiger partial charge in [-0.15, -0.1) is 0 Å². The molecule has 1 aliphatic rings. The highest BCUT2D eigenvalue weighted by molar-refractivity contribution is 7.85. The van der Waals surface area contributed by atoms with Crippen molar-refractivity contribution >= 4 is 45.6 Å². The van der Waals surface area contributed by atoms with Gasteiger partial charge in [-0.1, -0.05) is 30.3 Å². The first-order chi connectivity index (χ1) is 22.5. The second-order valence-corrected chi connectivity index (χ2v) is 11.9. The number of aliphatic carboxylic acids is 2. The number of ether oxygens (including phenoxy) is 1. The summed E-state index contributed by atoms with van der Waals surface area (Å²) >= 11 is 0. The number of carbonyl (C=O) groups is 4. The Morgan fingerprint density at radius 2 is 1.48 bits per heavy atom. The number of primary amides is 1. The Labute approximate surface area is 276 Å². The third-order valence-electron chi connectivity index (χ3n) is 6.46. The molecule has 1 fully saturated rings. The Balaban J connectivity index is 0.000000387. The largest absolute Gasteiger partial charge is 0.481 e. The molecule has 48 heavy (non-hydrogen) atoms. The van der Waals surface area contributed by atoms with Crippen LogP contribution >= 0.6 is 0 Å². The van der Waals surface area contributed by atoms with Gasteiger partial charge in [0.15, 0.2) is 5.96 Å². The molecule has 1 atom stereocenters. The van der Waals surface area contributed by atoms with Crippen molar-refractivity contribution in [1.29, 1.82) is 0 Å². The van der Waals surface area contributed by atoms with E-state index < -0.39 is 40.0 Å². The molecule has 0 aliphatic carbocycles. The number of nitrogens with one attached hydrogen (secondary N) is 1. The van der Waals surface area contributed by atoms with E-state index in [1.54, 1.807) is 36.4 Å². The molecule has 0 saturated carbocycles. The fourth-order valence-corrected chi connectivity index (χ4v) is 4.22. The number of nitrogens with zero attached hydrogens (tertiary/aromatic N) is 2. The molecule has 0 bridgehead atoms. The van der Waals surface area contributed by atoms with Crippen LogP contribution in [-0.2, 0) is 26.1 Å². The number of nitrogens with two attached hydrogens (primary N) is 3. The lowest BCUT2D eigenvalue weighted by Gasteiger charge is -2.28. The van der Waals surface area contributed by atoms with Gasteiger partial charge in [-0.2, -0.15) is 8.42 Å². The molecule has 1 saturated heterocycles. The van der Waals surface area contributed by atoms with E-state index in [2.05, 4.69) is 10.3 Å². The second kappa shape index (κ2) is 18.5. The van der Waals surface area contributed by atoms with E-state index in [0.717, 1.165) is 0 Å². The zero-order valence-corrected chi connectivity index (χ0v) is 26.7. The molecule has 1 aliphatic heterocycles. The SMILES string of the molecule is CS(=O)(=O)O.NC(=O)N1CCC(C(=O)O)CC1.NC(N)=Nc1ccc(C(=O)NC(Cc2cccc(Oc3ccccc3)c2)C(=O)O)cc1. The number of carbonyl (C=O) groups excluding carboxylic acids is 2. The lowest BCUT2D eigenvalue weighted by Crippen LogP contribution is -2.42. The first-order valence-corrected chi connectivity index (χ1v) is 16.1. The summed E-state index contributed by atoms with van der Waals surface area (Å²) in [5, 5.41) is 20.8. The number of amides is 3. The topological polar surface area (TPSA) is 278 Å². The maximum Gasteiger partial charge on any atom is 0.326 e. The van der Waals surface area contributed by atoms with Crippen molar-refractivity contribution < 1.29 is 47.1 Å². The van der Waals surface area contributed by atoms with Gasteiger partial charge in [0, 0.05) is 25.1 Å². The van der Waals surface area contributed by atoms with Crippen molar-refractivity contribution in [2.45, 2.75) is 25.3 Å². The quantitative estimate of drug-likeness (QED) is 0.0969. The van der Waals surface area contributed by atoms with Gasteiger partial charge in [0.25, 0.3) is 16.0 Å². The van der Waals surface area contributed by atoms with E-state index >= 15 is 0 Å². The first-order valence-electron chi connectivity index (χ1n) is 14.3. The highest BCUT2D eigenvalue weighted by Crippen LogP contribution is 2.22. The van der Waals surface area contributed by atoms with E-state index in [9.17, 15) is 32.7 Å². The van der Waals surface area contributed by atoms with Gasteiger partial charge in [-0.3, -0.25) is 14.1 Å². The monoisotopic (exact) mass is 686 g/mol. The number of carboxylic acids is 2. The van der Waals surface area contributed by atoms with Crippen LogP contribution < -0.4 is 27.3 Å². The Hall–Kier alpha value is -5.68. The Morgan fingerprint density at radius 3 is 1.98 bits per heavy atom. The molecule has 3 aromatic rings. The van der Waals surface area contributed by atoms with Crippen LogP contribution in [0.25, 0.3) is 0 Å². The number of hydrogen-bond acceptors (Lipinski definition) is 8. The average molecular weight is 687 g/mol. The summed E-state index contributed by atoms with van der Waals surface area (Å²) in [7, 11) is -3.67. The van der Waals surface area contributed by atoms with Crippen molar-refractivity contribution in [3.8, 4) is 11.5 Å². The van der Waals surface area contributed by atoms with Crippen molar-refractivity contribution in [3.05, 3.63) is 90.0 Å². The molecule has 17 heteroatoms. The number of rotatable bonds is 9. The maximum absolute atomic E-state index is 12.5. The number of hydrogen-bond donors (Lipinski definition) is 7. The summed E-state index contributed by atoms with van der Waals surface area (Å²) < 4.78 is 31.7. The Morgan fingerprint density at radius 1 is 0.917 bits per heavy atom. The third kappa shape index (κ3) is 15.1. The van der Waals surface area contributed by atoms with Crippen LogP contribution in [0.15, 0.2) is 83.9 Å². The van der Waals surface area contributed by atoms with E-state index in [-0.39, 0.29) is 18.3 Å². The summed E-state index contributed by atoms with van der Waals surface area (Å²) in [6.07, 6.45) is 1.84. The zero-order chi connectivity index (χ0) is 35.9. The van der Waals surface area contributed by atoms with E-state index in [0.29, 0.717) is 60.5 Å². The molecule has 1 unspecified atom stereocenters. The number of aliphatic imine (C=N–C) groups is 1. The molecule has 10 N–H and O–H groups in total. The summed E-state index contributed by atoms with van der Waals surface area (Å²) in [6, 6.07) is 20.9. The van der Waals surface area contributed by atoms with Gasteiger partial charge in [0.1, 0.15) is 17.5 Å². The second-order valence-electron chi connectivity index (χ2n) is 10.4. The fraction of sp³-hybridized carbons (Fsp3) is 0.258. The summed E-state index contributed by atoms with van der Waals surface area (Å²) in [6.45, 7) is 0.929. The van der Waals surface area contributed by atoms with Gasteiger partial charge >= 0.3 is 18.0 Å². The summed E-state index contributed by atoms with van der Waals surface area (Å²) in [5.74, 6) is -1.58. The Bertz CT molecular complexity index is 1640. The van der Waals surface area contributed by atoms with Crippen LogP contribution in [0.4, 0.5) is 10.5 Å². The van der Waals surface area contributed by atoms with Crippen LogP contribution in [-0.4, -0.2) is 83.3 Å². The summed E-state index contributed by atoms with van der Waals surface area (Å²) in [4.78, 5) is 50.7. The first kappa shape index (κ1) is 38.5. The molecular formula is C31H38N6O10S. The number of guanidine groups is 1. The highest BCUT2D eigenvalue weighted by atomic mass is 32.2. The number of benzene rings is 3. The third-order valence-corrected chi connectivity index (χ3v) is 6.46. The highest BCUT2D eigenvalue weighted by Gasteiger charge is 2.25. The standard InChI is InChI=1S/C23H22N4O4.C7H12N2O3.CH4O3S/c24-23(25)26-17-11-9-16(10-12-17)21(28)27-20(22(29)30)14-15-5-4-8-19(13-15)31-18-6-2-1-3-7-18;8-7(12)9-3-1-5(2-4-9)6(10)11;1-5(2,3)4/h1-13,20H,14H2,(H,27,28)(H,29,30)(H4,24,25,26);5H,1-4H2,(H2,8,12)(H,10,11);1H3,(H,2,3,4). The number of para-hydroxylation sites is 1. The maximum atomic E-state index is 12.5. The molecule has 0 spiro atoms. The zero-order valence-electron chi connectivity index (χ0n) is 25.9. The molecule has 4 rings (SSSR count). The van der Waals surface area contributed by atoms with Crippen molar-refractivity contribution in [3.63, 3.8) is 0 Å². The molecule has 1 heterocycles. The number of urea groups is 1. The lowest BCUT2D eigenvalue weighted by atomic mass is 9.97. The van der Waals surface area contributed by atoms with Crippen LogP contribution in [0.2, 0.25) is 0 Å². The van der Waals surface area contributed by atoms with Gasteiger partial charge in [0.05, 0.1) is 17.9 Å². The van der Waals surface area contributed by atoms with Gasteiger partial charge in [-0.25, -0.2) is 14.6 Å². The normalized spacial score (nSPS) is 13.2. The minimum atomic E-state index is -3.67. The van der Waals surface area contributed by atoms with Crippen molar-refractivity contribution in [2.75, 3.05) is 19.3 Å². The van der Waals surface area contributed by atoms with Crippen molar-refractivity contribution in [1.82, 2.24) is 10.2 Å². The predicted molar refractivity (Wildman–Crippen MR) is 176 cm³/mol. The van der Waals surface area contributed by atoms with E-state index in [1.807, 2.05) is 30.3 Å². The minimum absolute atomic E-state index is 0.0957. The summed E-state index contributed by atoms with van der Waals surface area (Å²) in [5.41, 5.74) is 17.2. The fourth-order valence-electron chi connectivity index (χ4n) is 4.22. The van der Waals surface area contributed by atoms with Crippen LogP contribution in [0.5, 0.6) is 11.5 Å². The molecule has 3 amide bonds. The van der Waals surface area contributed by atoms with Crippen LogP contribution in [0.1, 0.15) is 28.8 Å². The average Bonchev–Trinajstić information content (AvgIpc) is 3.01. The van der Waals surface area contributed by atoms with Crippen LogP contribution in [0, 0.1) is 5.92 Å². The van der Waals surface area contributed by atoms with E-state index in [1.165, 1.54) is 17.0 Å². The van der Waals surface area contributed by atoms with Crippen molar-refractivity contribution in [2.24, 2.45) is 28.1 Å². The number of carboxylic acid groups (broad SMARTS) is 2. The Kier molecular flexibility index (Phi) is 14.8. The molecule has 16 nitrogen and oxygen atoms in total. The predicted octanol–water partition coefficient (Wildman–Crippen LogP) is 2.18. The number of piperidine rings is 1. The molecule has 258 valence electrons. The van der Waals surface area contributed by atoms with Gasteiger partial charge < -0.3 is 42.4 Å². The molecule has 0 aromatic heterocycles. The van der Waals surface area contributed by atoms with Crippen LogP contribution in [0.3, 0.4) is 0 Å². The smallest absolute Gasteiger partial charge is 0.326 e. The number of likely N-dealkylation sites (tertiary alicyclic amines) is 1. The lowest BCUT2D eigenvalue weighted by molar-refractivity contribution is -0.143. The molecular weight excluding hydrogens is 648 g/mol. The molecule has 3 aromatic carbocycles.